The number of ether oxygens (including phenoxy) is 2. The SMILES string of the molecule is CC(C)(C)c1cc(CC(=O)c2ccc(Oc3cc4c(cc3Cl)C(C(=O)O)CCO4)cc2)on1. The van der Waals surface area contributed by atoms with Gasteiger partial charge in [-0.2, -0.15) is 0 Å². The maximum Gasteiger partial charge on any atom is 0.311 e. The van der Waals surface area contributed by atoms with Crippen molar-refractivity contribution in [2.45, 2.75) is 44.9 Å². The Morgan fingerprint density at radius 1 is 1.18 bits per heavy atom. The van der Waals surface area contributed by atoms with Crippen LogP contribution in [0.3, 0.4) is 0 Å². The first kappa shape index (κ1) is 22.9. The fourth-order valence-corrected chi connectivity index (χ4v) is 3.78. The van der Waals surface area contributed by atoms with E-state index in [1.807, 2.05) is 26.8 Å². The molecule has 4 rings (SSSR count). The van der Waals surface area contributed by atoms with Crippen molar-refractivity contribution in [1.29, 1.82) is 0 Å². The molecule has 1 atom stereocenters. The van der Waals surface area contributed by atoms with Crippen molar-refractivity contribution in [3.8, 4) is 17.2 Å². The summed E-state index contributed by atoms with van der Waals surface area (Å²) in [5, 5.41) is 13.7. The van der Waals surface area contributed by atoms with E-state index in [0.29, 0.717) is 47.2 Å². The number of aromatic nitrogens is 1. The van der Waals surface area contributed by atoms with Crippen LogP contribution in [0.1, 0.15) is 60.5 Å². The van der Waals surface area contributed by atoms with Crippen molar-refractivity contribution in [2.75, 3.05) is 6.61 Å². The van der Waals surface area contributed by atoms with Crippen LogP contribution >= 0.6 is 11.6 Å². The van der Waals surface area contributed by atoms with Crippen LogP contribution in [0.5, 0.6) is 17.2 Å². The highest BCUT2D eigenvalue weighted by Gasteiger charge is 2.29. The third kappa shape index (κ3) is 5.03. The van der Waals surface area contributed by atoms with Crippen LogP contribution < -0.4 is 9.47 Å². The van der Waals surface area contributed by atoms with Gasteiger partial charge in [0, 0.05) is 28.7 Å². The molecule has 0 saturated carbocycles. The van der Waals surface area contributed by atoms with Gasteiger partial charge in [-0.25, -0.2) is 0 Å². The Balaban J connectivity index is 1.46. The van der Waals surface area contributed by atoms with Crippen molar-refractivity contribution in [3.05, 3.63) is 70.1 Å². The Labute approximate surface area is 196 Å². The molecule has 1 N–H and O–H groups in total. The van der Waals surface area contributed by atoms with Crippen molar-refractivity contribution in [2.24, 2.45) is 0 Å². The summed E-state index contributed by atoms with van der Waals surface area (Å²) in [5.41, 5.74) is 1.70. The highest BCUT2D eigenvalue weighted by molar-refractivity contribution is 6.32. The van der Waals surface area contributed by atoms with Crippen LogP contribution in [0.4, 0.5) is 0 Å². The molecule has 0 spiro atoms. The Kier molecular flexibility index (Phi) is 6.17. The first-order valence-corrected chi connectivity index (χ1v) is 11.0. The zero-order valence-electron chi connectivity index (χ0n) is 18.6. The number of hydrogen-bond donors (Lipinski definition) is 1. The molecule has 172 valence electrons. The molecule has 3 aromatic rings. The number of aliphatic carboxylic acids is 1. The van der Waals surface area contributed by atoms with Crippen LogP contribution in [0.25, 0.3) is 0 Å². The minimum atomic E-state index is -0.912. The van der Waals surface area contributed by atoms with Crippen molar-refractivity contribution >= 4 is 23.4 Å². The van der Waals surface area contributed by atoms with Crippen LogP contribution in [-0.4, -0.2) is 28.6 Å². The van der Waals surface area contributed by atoms with Crippen LogP contribution in [0, 0.1) is 0 Å². The van der Waals surface area contributed by atoms with E-state index in [-0.39, 0.29) is 22.6 Å². The van der Waals surface area contributed by atoms with Crippen molar-refractivity contribution < 1.29 is 28.7 Å². The first-order chi connectivity index (χ1) is 15.6. The summed E-state index contributed by atoms with van der Waals surface area (Å²) in [7, 11) is 0. The Bertz CT molecular complexity index is 1190. The standard InChI is InChI=1S/C25H24ClNO6/c1-25(2,3)23-11-16(33-27-23)10-20(28)14-4-6-15(7-5-14)32-22-13-21-18(12-19(22)26)17(24(29)30)8-9-31-21/h4-7,11-13,17H,8-10H2,1-3H3,(H,29,30). The normalized spacial score (nSPS) is 15.5. The molecule has 2 aromatic carbocycles. The number of fused-ring (bicyclic) bond motifs is 1. The third-order valence-electron chi connectivity index (χ3n) is 5.47. The zero-order chi connectivity index (χ0) is 23.8. The minimum absolute atomic E-state index is 0.0990. The maximum atomic E-state index is 12.6. The van der Waals surface area contributed by atoms with Gasteiger partial charge in [-0.1, -0.05) is 37.5 Å². The summed E-state index contributed by atoms with van der Waals surface area (Å²) in [6.07, 6.45) is 0.502. The van der Waals surface area contributed by atoms with Gasteiger partial charge in [0.05, 0.1) is 29.7 Å². The van der Waals surface area contributed by atoms with Gasteiger partial charge in [-0.3, -0.25) is 9.59 Å². The molecule has 0 saturated heterocycles. The smallest absolute Gasteiger partial charge is 0.311 e. The Morgan fingerprint density at radius 2 is 1.91 bits per heavy atom. The molecule has 7 nitrogen and oxygen atoms in total. The summed E-state index contributed by atoms with van der Waals surface area (Å²) in [6.45, 7) is 6.39. The first-order valence-electron chi connectivity index (χ1n) is 10.6. The zero-order valence-corrected chi connectivity index (χ0v) is 19.3. The second-order valence-corrected chi connectivity index (χ2v) is 9.41. The van der Waals surface area contributed by atoms with E-state index < -0.39 is 11.9 Å². The number of carbonyl (C=O) groups is 2. The number of carboxylic acids is 1. The average molecular weight is 470 g/mol. The van der Waals surface area contributed by atoms with E-state index in [2.05, 4.69) is 5.16 Å². The lowest BCUT2D eigenvalue weighted by Gasteiger charge is -2.24. The molecule has 8 heteroatoms. The van der Waals surface area contributed by atoms with Gasteiger partial charge in [0.1, 0.15) is 23.0 Å². The van der Waals surface area contributed by atoms with Gasteiger partial charge < -0.3 is 19.1 Å². The fraction of sp³-hybridized carbons (Fsp3) is 0.320. The van der Waals surface area contributed by atoms with Gasteiger partial charge in [-0.05, 0) is 36.8 Å². The highest BCUT2D eigenvalue weighted by Crippen LogP contribution is 2.41. The molecule has 0 radical (unpaired) electrons. The number of carboxylic acid groups (broad SMARTS) is 1. The molecule has 2 heterocycles. The minimum Gasteiger partial charge on any atom is -0.493 e. The van der Waals surface area contributed by atoms with Gasteiger partial charge in [-0.15, -0.1) is 0 Å². The monoisotopic (exact) mass is 469 g/mol. The average Bonchev–Trinajstić information content (AvgIpc) is 3.23. The number of carbonyl (C=O) groups excluding carboxylic acids is 1. The summed E-state index contributed by atoms with van der Waals surface area (Å²) < 4.78 is 16.8. The quantitative estimate of drug-likeness (QED) is 0.456. The molecular formula is C25H24ClNO6. The van der Waals surface area contributed by atoms with E-state index in [1.54, 1.807) is 36.4 Å². The number of ketones is 1. The number of Topliss-reactive ketones (excluding diaryl/α,β-unsaturated/α-hetero) is 1. The van der Waals surface area contributed by atoms with Crippen LogP contribution in [-0.2, 0) is 16.6 Å². The van der Waals surface area contributed by atoms with Crippen molar-refractivity contribution in [3.63, 3.8) is 0 Å². The summed E-state index contributed by atoms with van der Waals surface area (Å²) in [6, 6.07) is 11.7. The fourth-order valence-electron chi connectivity index (χ4n) is 3.57. The van der Waals surface area contributed by atoms with Crippen LogP contribution in [0.15, 0.2) is 47.0 Å². The Hall–Kier alpha value is -3.32. The summed E-state index contributed by atoms with van der Waals surface area (Å²) in [5.74, 6) is 0.120. The number of benzene rings is 2. The predicted octanol–water partition coefficient (Wildman–Crippen LogP) is 5.79. The number of halogens is 1. The van der Waals surface area contributed by atoms with Gasteiger partial charge in [0.25, 0.3) is 0 Å². The molecule has 1 aromatic heterocycles. The second-order valence-electron chi connectivity index (χ2n) is 9.00. The number of rotatable bonds is 6. The molecule has 33 heavy (non-hydrogen) atoms. The van der Waals surface area contributed by atoms with E-state index in [1.165, 1.54) is 0 Å². The highest BCUT2D eigenvalue weighted by atomic mass is 35.5. The molecule has 1 unspecified atom stereocenters. The largest absolute Gasteiger partial charge is 0.493 e. The Morgan fingerprint density at radius 3 is 2.55 bits per heavy atom. The van der Waals surface area contributed by atoms with E-state index in [0.717, 1.165) is 5.69 Å². The summed E-state index contributed by atoms with van der Waals surface area (Å²) in [4.78, 5) is 24.1. The number of hydrogen-bond acceptors (Lipinski definition) is 6. The molecule has 1 aliphatic rings. The third-order valence-corrected chi connectivity index (χ3v) is 5.76. The molecule has 0 bridgehead atoms. The van der Waals surface area contributed by atoms with Crippen molar-refractivity contribution in [1.82, 2.24) is 5.16 Å². The molecule has 0 fully saturated rings. The van der Waals surface area contributed by atoms with E-state index >= 15 is 0 Å². The predicted molar refractivity (Wildman–Crippen MR) is 122 cm³/mol. The summed E-state index contributed by atoms with van der Waals surface area (Å²) >= 11 is 6.34. The van der Waals surface area contributed by atoms with Gasteiger partial charge >= 0.3 is 5.97 Å². The molecule has 0 amide bonds. The second kappa shape index (κ2) is 8.90. The molecule has 0 aliphatic carbocycles. The van der Waals surface area contributed by atoms with Gasteiger partial charge in [0.2, 0.25) is 0 Å². The van der Waals surface area contributed by atoms with E-state index in [9.17, 15) is 14.7 Å². The topological polar surface area (TPSA) is 98.9 Å². The van der Waals surface area contributed by atoms with Gasteiger partial charge in [0.15, 0.2) is 5.78 Å². The lowest BCUT2D eigenvalue weighted by molar-refractivity contribution is -0.139. The van der Waals surface area contributed by atoms with E-state index in [4.69, 9.17) is 25.6 Å². The lowest BCUT2D eigenvalue weighted by Crippen LogP contribution is -2.20. The lowest BCUT2D eigenvalue weighted by atomic mass is 9.92. The maximum absolute atomic E-state index is 12.6. The molecular weight excluding hydrogens is 446 g/mol. The number of nitrogens with zero attached hydrogens (tertiary/aromatic N) is 1. The molecule has 1 aliphatic heterocycles. The van der Waals surface area contributed by atoms with Crippen LogP contribution in [0.2, 0.25) is 5.02 Å².